The van der Waals surface area contributed by atoms with Gasteiger partial charge in [0.2, 0.25) is 11.8 Å². The van der Waals surface area contributed by atoms with E-state index in [0.29, 0.717) is 0 Å². The van der Waals surface area contributed by atoms with Gasteiger partial charge in [-0.25, -0.2) is 8.42 Å². The number of rotatable bonds is 4. The number of hydrogen-bond donors (Lipinski definition) is 1. The molecule has 0 aromatic heterocycles. The van der Waals surface area contributed by atoms with Crippen LogP contribution in [0.5, 0.6) is 0 Å². The number of amides is 2. The van der Waals surface area contributed by atoms with E-state index in [0.717, 1.165) is 4.90 Å². The van der Waals surface area contributed by atoms with Crippen molar-refractivity contribution in [3.8, 4) is 0 Å². The van der Waals surface area contributed by atoms with E-state index in [-0.39, 0.29) is 30.7 Å². The lowest BCUT2D eigenvalue weighted by Crippen LogP contribution is -2.64. The van der Waals surface area contributed by atoms with Crippen LogP contribution in [0.2, 0.25) is 0 Å². The maximum atomic E-state index is 12.0. The highest BCUT2D eigenvalue weighted by molar-refractivity contribution is 7.92. The summed E-state index contributed by atoms with van der Waals surface area (Å²) in [5.74, 6) is -0.936. The molecule has 1 heterocycles. The van der Waals surface area contributed by atoms with Crippen LogP contribution in [0.15, 0.2) is 0 Å². The Hall–Kier alpha value is -0.950. The molecule has 0 spiro atoms. The highest BCUT2D eigenvalue weighted by Crippen LogP contribution is 2.14. The molecule has 7 heteroatoms. The third-order valence-electron chi connectivity index (χ3n) is 3.08. The number of piperazine rings is 1. The van der Waals surface area contributed by atoms with Crippen LogP contribution in [-0.4, -0.2) is 54.8 Å². The number of hydrogen-bond acceptors (Lipinski definition) is 5. The van der Waals surface area contributed by atoms with E-state index < -0.39 is 20.6 Å². The van der Waals surface area contributed by atoms with E-state index in [2.05, 4.69) is 5.32 Å². The maximum Gasteiger partial charge on any atom is 0.248 e. The molecule has 0 aromatic carbocycles. The largest absolute Gasteiger partial charge is 0.295 e. The van der Waals surface area contributed by atoms with Crippen molar-refractivity contribution in [1.82, 2.24) is 10.2 Å². The summed E-state index contributed by atoms with van der Waals surface area (Å²) < 4.78 is 23.4. The fourth-order valence-corrected chi connectivity index (χ4v) is 2.51. The van der Waals surface area contributed by atoms with Crippen LogP contribution < -0.4 is 5.32 Å². The second-order valence-electron chi connectivity index (χ2n) is 5.24. The fourth-order valence-electron chi connectivity index (χ4n) is 1.60. The summed E-state index contributed by atoms with van der Waals surface area (Å²) in [6, 6.07) is 0. The topological polar surface area (TPSA) is 83.6 Å². The van der Waals surface area contributed by atoms with Crippen molar-refractivity contribution >= 4 is 21.7 Å². The van der Waals surface area contributed by atoms with Gasteiger partial charge in [-0.1, -0.05) is 0 Å². The lowest BCUT2D eigenvalue weighted by atomic mass is 10.0. The van der Waals surface area contributed by atoms with Crippen molar-refractivity contribution in [2.45, 2.75) is 38.5 Å². The number of nitrogens with one attached hydrogen (secondary N) is 1. The molecule has 0 unspecified atom stereocenters. The molecule has 1 aliphatic rings. The Kier molecular flexibility index (Phi) is 4.17. The lowest BCUT2D eigenvalue weighted by molar-refractivity contribution is -0.152. The van der Waals surface area contributed by atoms with Gasteiger partial charge in [-0.3, -0.25) is 19.8 Å². The summed E-state index contributed by atoms with van der Waals surface area (Å²) in [6.07, 6.45) is 0. The van der Waals surface area contributed by atoms with Gasteiger partial charge in [0.05, 0.1) is 23.1 Å². The molecule has 1 saturated heterocycles. The Morgan fingerprint density at radius 2 is 1.89 bits per heavy atom. The van der Waals surface area contributed by atoms with Crippen LogP contribution in [0, 0.1) is 0 Å². The Labute approximate surface area is 108 Å². The van der Waals surface area contributed by atoms with E-state index >= 15 is 0 Å². The normalized spacial score (nSPS) is 20.6. The second-order valence-corrected chi connectivity index (χ2v) is 7.92. The molecule has 6 nitrogen and oxygen atoms in total. The Morgan fingerprint density at radius 1 is 1.33 bits per heavy atom. The van der Waals surface area contributed by atoms with Crippen molar-refractivity contribution in [2.75, 3.05) is 18.8 Å². The van der Waals surface area contributed by atoms with Crippen LogP contribution >= 0.6 is 0 Å². The molecule has 0 aromatic rings. The van der Waals surface area contributed by atoms with E-state index in [1.54, 1.807) is 27.7 Å². The van der Waals surface area contributed by atoms with Gasteiger partial charge in [0.15, 0.2) is 9.84 Å². The van der Waals surface area contributed by atoms with Gasteiger partial charge < -0.3 is 0 Å². The van der Waals surface area contributed by atoms with Crippen LogP contribution in [0.1, 0.15) is 27.7 Å². The van der Waals surface area contributed by atoms with Gasteiger partial charge in [0.25, 0.3) is 0 Å². The first-order valence-corrected chi connectivity index (χ1v) is 7.61. The minimum atomic E-state index is -3.25. The number of carbonyl (C=O) groups excluding carboxylic acids is 2. The molecule has 1 N–H and O–H groups in total. The zero-order valence-corrected chi connectivity index (χ0v) is 12.0. The molecule has 0 aliphatic carbocycles. The molecule has 1 aliphatic heterocycles. The van der Waals surface area contributed by atoms with Crippen molar-refractivity contribution in [1.29, 1.82) is 0 Å². The first kappa shape index (κ1) is 15.1. The van der Waals surface area contributed by atoms with Gasteiger partial charge in [-0.05, 0) is 27.7 Å². The van der Waals surface area contributed by atoms with Crippen LogP contribution in [0.3, 0.4) is 0 Å². The lowest BCUT2D eigenvalue weighted by Gasteiger charge is -2.36. The minimum absolute atomic E-state index is 0.0560. The Balaban J connectivity index is 2.77. The Bertz CT molecular complexity index is 454. The molecule has 1 fully saturated rings. The highest BCUT2D eigenvalue weighted by Gasteiger charge is 2.40. The van der Waals surface area contributed by atoms with Crippen molar-refractivity contribution in [3.63, 3.8) is 0 Å². The smallest absolute Gasteiger partial charge is 0.248 e. The average molecular weight is 276 g/mol. The predicted octanol–water partition coefficient (Wildman–Crippen LogP) is -0.453. The van der Waals surface area contributed by atoms with Crippen molar-refractivity contribution in [2.24, 2.45) is 0 Å². The number of nitrogens with zero attached hydrogens (tertiary/aromatic N) is 1. The first-order valence-electron chi connectivity index (χ1n) is 5.89. The third-order valence-corrected chi connectivity index (χ3v) is 5.27. The summed E-state index contributed by atoms with van der Waals surface area (Å²) in [6.45, 7) is 6.50. The van der Waals surface area contributed by atoms with Crippen molar-refractivity contribution < 1.29 is 18.0 Å². The van der Waals surface area contributed by atoms with Crippen LogP contribution in [0.4, 0.5) is 0 Å². The number of imide groups is 1. The zero-order valence-electron chi connectivity index (χ0n) is 11.2. The van der Waals surface area contributed by atoms with Gasteiger partial charge in [-0.15, -0.1) is 0 Å². The fraction of sp³-hybridized carbons (Fsp3) is 0.818. The summed E-state index contributed by atoms with van der Waals surface area (Å²) >= 11 is 0. The van der Waals surface area contributed by atoms with Gasteiger partial charge in [-0.2, -0.15) is 0 Å². The van der Waals surface area contributed by atoms with Gasteiger partial charge in [0.1, 0.15) is 0 Å². The third kappa shape index (κ3) is 3.08. The second kappa shape index (κ2) is 4.97. The summed E-state index contributed by atoms with van der Waals surface area (Å²) in [7, 11) is -3.25. The molecule has 2 amide bonds. The van der Waals surface area contributed by atoms with Crippen LogP contribution in [-0.2, 0) is 19.4 Å². The molecule has 0 saturated carbocycles. The van der Waals surface area contributed by atoms with E-state index in [4.69, 9.17) is 0 Å². The van der Waals surface area contributed by atoms with E-state index in [9.17, 15) is 18.0 Å². The van der Waals surface area contributed by atoms with E-state index in [1.165, 1.54) is 0 Å². The number of carbonyl (C=O) groups is 2. The molecule has 0 bridgehead atoms. The first-order chi connectivity index (χ1) is 8.08. The van der Waals surface area contributed by atoms with Crippen molar-refractivity contribution in [3.05, 3.63) is 0 Å². The zero-order chi connectivity index (χ0) is 14.1. The quantitative estimate of drug-likeness (QED) is 0.703. The number of sulfone groups is 1. The van der Waals surface area contributed by atoms with Gasteiger partial charge in [0, 0.05) is 6.54 Å². The molecular formula is C11H20N2O4S. The predicted molar refractivity (Wildman–Crippen MR) is 67.7 cm³/mol. The summed E-state index contributed by atoms with van der Waals surface area (Å²) in [5.41, 5.74) is -0.824. The van der Waals surface area contributed by atoms with Gasteiger partial charge >= 0.3 is 0 Å². The highest BCUT2D eigenvalue weighted by atomic mass is 32.2. The molecular weight excluding hydrogens is 256 g/mol. The molecule has 0 radical (unpaired) electrons. The molecule has 18 heavy (non-hydrogen) atoms. The summed E-state index contributed by atoms with van der Waals surface area (Å²) in [5, 5.41) is 2.32. The molecule has 104 valence electrons. The van der Waals surface area contributed by atoms with E-state index in [1.807, 2.05) is 0 Å². The minimum Gasteiger partial charge on any atom is -0.295 e. The maximum absolute atomic E-state index is 12.0. The van der Waals surface area contributed by atoms with Crippen LogP contribution in [0.25, 0.3) is 0 Å². The standard InChI is InChI=1S/C11H20N2O4S/c1-8(2)18(16,17)6-5-13-9(14)7-12-11(3,4)10(13)15/h8,12H,5-7H2,1-4H3. The SMILES string of the molecule is CC(C)S(=O)(=O)CCN1C(=O)CNC(C)(C)C1=O. The molecule has 0 atom stereocenters. The molecule has 1 rings (SSSR count). The monoisotopic (exact) mass is 276 g/mol. The average Bonchev–Trinajstić information content (AvgIpc) is 2.24. The summed E-state index contributed by atoms with van der Waals surface area (Å²) in [4.78, 5) is 24.7. The Morgan fingerprint density at radius 3 is 2.39 bits per heavy atom.